The van der Waals surface area contributed by atoms with Gasteiger partial charge in [-0.25, -0.2) is 0 Å². The third-order valence-corrected chi connectivity index (χ3v) is 7.68. The van der Waals surface area contributed by atoms with Crippen LogP contribution < -0.4 is 4.74 Å². The molecule has 112 valence electrons. The van der Waals surface area contributed by atoms with Gasteiger partial charge in [-0.05, 0) is 79.9 Å². The molecule has 1 nitrogen and oxygen atoms in total. The van der Waals surface area contributed by atoms with Crippen LogP contribution in [0.15, 0.2) is 18.2 Å². The molecule has 5 unspecified atom stereocenters. The Labute approximate surface area is 135 Å². The maximum absolute atomic E-state index is 6.01. The molecule has 1 aromatic rings. The van der Waals surface area contributed by atoms with Gasteiger partial charge in [0.2, 0.25) is 0 Å². The van der Waals surface area contributed by atoms with E-state index in [0.717, 1.165) is 41.8 Å². The standard InChI is InChI=1S/C19H23BrO/c1-19(2)9-13-8-12(5-6-14(13)21-19)18(20)17-15-10-3-4-11(7-10)16(15)17/h5-6,8,10-11,15-18H,3-4,7,9H2,1-2H3. The molecule has 5 rings (SSSR count). The van der Waals surface area contributed by atoms with Gasteiger partial charge in [0.15, 0.2) is 0 Å². The Morgan fingerprint density at radius 1 is 1.19 bits per heavy atom. The van der Waals surface area contributed by atoms with Crippen LogP contribution in [-0.2, 0) is 6.42 Å². The molecule has 4 aliphatic rings. The number of alkyl halides is 1. The van der Waals surface area contributed by atoms with Gasteiger partial charge in [0, 0.05) is 11.2 Å². The van der Waals surface area contributed by atoms with Crippen molar-refractivity contribution in [2.45, 2.75) is 50.0 Å². The van der Waals surface area contributed by atoms with E-state index >= 15 is 0 Å². The lowest BCUT2D eigenvalue weighted by Gasteiger charge is -2.16. The van der Waals surface area contributed by atoms with Crippen LogP contribution in [0.25, 0.3) is 0 Å². The highest BCUT2D eigenvalue weighted by molar-refractivity contribution is 9.09. The van der Waals surface area contributed by atoms with E-state index in [4.69, 9.17) is 4.74 Å². The van der Waals surface area contributed by atoms with E-state index in [1.54, 1.807) is 0 Å². The molecule has 2 heteroatoms. The van der Waals surface area contributed by atoms with Crippen LogP contribution in [-0.4, -0.2) is 5.60 Å². The Morgan fingerprint density at radius 2 is 1.90 bits per heavy atom. The number of fused-ring (bicyclic) bond motifs is 6. The maximum Gasteiger partial charge on any atom is 0.123 e. The summed E-state index contributed by atoms with van der Waals surface area (Å²) in [5.41, 5.74) is 2.85. The Balaban J connectivity index is 1.40. The molecule has 3 aliphatic carbocycles. The topological polar surface area (TPSA) is 9.23 Å². The van der Waals surface area contributed by atoms with Gasteiger partial charge in [-0.2, -0.15) is 0 Å². The van der Waals surface area contributed by atoms with Crippen LogP contribution >= 0.6 is 15.9 Å². The van der Waals surface area contributed by atoms with Crippen LogP contribution in [0.4, 0.5) is 0 Å². The first-order valence-electron chi connectivity index (χ1n) is 8.49. The second-order valence-electron chi connectivity index (χ2n) is 8.37. The van der Waals surface area contributed by atoms with Gasteiger partial charge in [0.05, 0.1) is 0 Å². The molecule has 3 saturated carbocycles. The highest BCUT2D eigenvalue weighted by Crippen LogP contribution is 2.73. The molecule has 0 N–H and O–H groups in total. The van der Waals surface area contributed by atoms with E-state index in [1.165, 1.54) is 30.4 Å². The van der Waals surface area contributed by atoms with Crippen molar-refractivity contribution in [3.8, 4) is 5.75 Å². The summed E-state index contributed by atoms with van der Waals surface area (Å²) in [6.45, 7) is 4.36. The number of hydrogen-bond donors (Lipinski definition) is 0. The molecular weight excluding hydrogens is 324 g/mol. The SMILES string of the molecule is CC1(C)Cc2cc(C(Br)C3C4C5CCC(C5)C43)ccc2O1. The third kappa shape index (κ3) is 1.81. The van der Waals surface area contributed by atoms with E-state index in [9.17, 15) is 0 Å². The van der Waals surface area contributed by atoms with E-state index in [0.29, 0.717) is 4.83 Å². The smallest absolute Gasteiger partial charge is 0.123 e. The fourth-order valence-corrected chi connectivity index (χ4v) is 6.80. The first-order chi connectivity index (χ1) is 10.0. The molecule has 0 aromatic heterocycles. The normalized spacial score (nSPS) is 42.3. The average Bonchev–Trinajstić information content (AvgIpc) is 2.75. The molecule has 21 heavy (non-hydrogen) atoms. The van der Waals surface area contributed by atoms with Gasteiger partial charge in [-0.3, -0.25) is 0 Å². The molecule has 0 radical (unpaired) electrons. The van der Waals surface area contributed by atoms with Gasteiger partial charge in [-0.1, -0.05) is 28.1 Å². The van der Waals surface area contributed by atoms with Crippen LogP contribution in [0.2, 0.25) is 0 Å². The Kier molecular flexibility index (Phi) is 2.52. The van der Waals surface area contributed by atoms with Gasteiger partial charge < -0.3 is 4.74 Å². The van der Waals surface area contributed by atoms with Crippen molar-refractivity contribution < 1.29 is 4.74 Å². The van der Waals surface area contributed by atoms with E-state index in [2.05, 4.69) is 48.0 Å². The van der Waals surface area contributed by atoms with Crippen molar-refractivity contribution in [2.24, 2.45) is 29.6 Å². The molecule has 1 heterocycles. The number of halogens is 1. The van der Waals surface area contributed by atoms with Crippen molar-refractivity contribution in [3.05, 3.63) is 29.3 Å². The van der Waals surface area contributed by atoms with Crippen molar-refractivity contribution in [2.75, 3.05) is 0 Å². The fraction of sp³-hybridized carbons (Fsp3) is 0.684. The first-order valence-corrected chi connectivity index (χ1v) is 9.41. The van der Waals surface area contributed by atoms with Crippen LogP contribution in [0.5, 0.6) is 5.75 Å². The van der Waals surface area contributed by atoms with E-state index in [1.807, 2.05) is 0 Å². The third-order valence-electron chi connectivity index (χ3n) is 6.54. The zero-order valence-corrected chi connectivity index (χ0v) is 14.4. The molecule has 2 bridgehead atoms. The minimum Gasteiger partial charge on any atom is -0.487 e. The second-order valence-corrected chi connectivity index (χ2v) is 9.36. The first kappa shape index (κ1) is 13.0. The van der Waals surface area contributed by atoms with Crippen LogP contribution in [0, 0.1) is 29.6 Å². The maximum atomic E-state index is 6.01. The highest BCUT2D eigenvalue weighted by Gasteiger charge is 2.66. The summed E-state index contributed by atoms with van der Waals surface area (Å²) in [6.07, 6.45) is 5.60. The molecule has 0 amide bonds. The van der Waals surface area contributed by atoms with E-state index < -0.39 is 0 Å². The van der Waals surface area contributed by atoms with Crippen LogP contribution in [0.3, 0.4) is 0 Å². The molecule has 3 fully saturated rings. The fourth-order valence-electron chi connectivity index (χ4n) is 5.81. The Morgan fingerprint density at radius 3 is 2.62 bits per heavy atom. The second kappa shape index (κ2) is 4.07. The average molecular weight is 347 g/mol. The summed E-state index contributed by atoms with van der Waals surface area (Å²) >= 11 is 4.05. The number of hydrogen-bond acceptors (Lipinski definition) is 1. The molecule has 0 spiro atoms. The number of benzene rings is 1. The summed E-state index contributed by atoms with van der Waals surface area (Å²) in [4.78, 5) is 0.560. The summed E-state index contributed by atoms with van der Waals surface area (Å²) < 4.78 is 6.01. The van der Waals surface area contributed by atoms with Gasteiger partial charge in [-0.15, -0.1) is 0 Å². The summed E-state index contributed by atoms with van der Waals surface area (Å²) in [7, 11) is 0. The number of rotatable bonds is 2. The van der Waals surface area contributed by atoms with Crippen molar-refractivity contribution >= 4 is 15.9 Å². The lowest BCUT2D eigenvalue weighted by molar-refractivity contribution is 0.138. The summed E-state index contributed by atoms with van der Waals surface area (Å²) in [6, 6.07) is 6.88. The Bertz CT molecular complexity index is 592. The molecule has 1 aliphatic heterocycles. The Hall–Kier alpha value is -0.500. The van der Waals surface area contributed by atoms with Crippen LogP contribution in [0.1, 0.15) is 49.1 Å². The molecule has 1 aromatic carbocycles. The minimum absolute atomic E-state index is 0.0298. The number of ether oxygens (including phenoxy) is 1. The van der Waals surface area contributed by atoms with Gasteiger partial charge >= 0.3 is 0 Å². The van der Waals surface area contributed by atoms with Crippen molar-refractivity contribution in [1.82, 2.24) is 0 Å². The predicted molar refractivity (Wildman–Crippen MR) is 87.8 cm³/mol. The highest BCUT2D eigenvalue weighted by atomic mass is 79.9. The minimum atomic E-state index is -0.0298. The van der Waals surface area contributed by atoms with Gasteiger partial charge in [0.25, 0.3) is 0 Å². The molecule has 0 saturated heterocycles. The zero-order chi connectivity index (χ0) is 14.4. The van der Waals surface area contributed by atoms with E-state index in [-0.39, 0.29) is 5.60 Å². The molecule has 5 atom stereocenters. The van der Waals surface area contributed by atoms with Gasteiger partial charge in [0.1, 0.15) is 11.4 Å². The van der Waals surface area contributed by atoms with Crippen molar-refractivity contribution in [1.29, 1.82) is 0 Å². The molecular formula is C19H23BrO. The zero-order valence-electron chi connectivity index (χ0n) is 12.8. The lowest BCUT2D eigenvalue weighted by atomic mass is 9.95. The summed E-state index contributed by atoms with van der Waals surface area (Å²) in [5.74, 6) is 6.19. The van der Waals surface area contributed by atoms with Crippen molar-refractivity contribution in [3.63, 3.8) is 0 Å². The monoisotopic (exact) mass is 346 g/mol. The lowest BCUT2D eigenvalue weighted by Crippen LogP contribution is -2.24. The summed E-state index contributed by atoms with van der Waals surface area (Å²) in [5, 5.41) is 0. The largest absolute Gasteiger partial charge is 0.487 e. The quantitative estimate of drug-likeness (QED) is 0.674. The predicted octanol–water partition coefficient (Wildman–Crippen LogP) is 5.13.